The summed E-state index contributed by atoms with van der Waals surface area (Å²) in [4.78, 5) is 20.8. The molecule has 0 radical (unpaired) electrons. The molecular weight excluding hydrogens is 385 g/mol. The molecule has 2 N–H and O–H groups in total. The number of hydrogen-bond donors (Lipinski definition) is 2. The average Bonchev–Trinajstić information content (AvgIpc) is 3.11. The molecule has 4 nitrogen and oxygen atoms in total. The summed E-state index contributed by atoms with van der Waals surface area (Å²) in [6, 6.07) is 14.4. The molecule has 0 aliphatic rings. The van der Waals surface area contributed by atoms with Crippen LogP contribution >= 0.6 is 11.3 Å². The second-order valence-corrected chi connectivity index (χ2v) is 8.89. The molecule has 0 amide bonds. The van der Waals surface area contributed by atoms with Crippen LogP contribution in [-0.2, 0) is 12.0 Å². The molecule has 29 heavy (non-hydrogen) atoms. The van der Waals surface area contributed by atoms with Gasteiger partial charge < -0.3 is 10.3 Å². The van der Waals surface area contributed by atoms with Gasteiger partial charge in [-0.05, 0) is 40.8 Å². The Bertz CT molecular complexity index is 1200. The lowest BCUT2D eigenvalue weighted by Crippen LogP contribution is -2.14. The third-order valence-corrected chi connectivity index (χ3v) is 5.73. The molecule has 0 atom stereocenters. The van der Waals surface area contributed by atoms with E-state index in [0.717, 1.165) is 16.8 Å². The Balaban J connectivity index is 1.57. The molecule has 2 heterocycles. The highest BCUT2D eigenvalue weighted by Gasteiger charge is 2.14. The van der Waals surface area contributed by atoms with Gasteiger partial charge in [0.05, 0.1) is 11.9 Å². The van der Waals surface area contributed by atoms with Gasteiger partial charge in [0.15, 0.2) is 0 Å². The van der Waals surface area contributed by atoms with Gasteiger partial charge in [0.2, 0.25) is 0 Å². The molecule has 148 valence electrons. The Morgan fingerprint density at radius 2 is 1.76 bits per heavy atom. The molecule has 0 saturated carbocycles. The van der Waals surface area contributed by atoms with Crippen LogP contribution in [0.4, 0.5) is 10.1 Å². The molecule has 0 aliphatic carbocycles. The van der Waals surface area contributed by atoms with E-state index in [1.54, 1.807) is 12.1 Å². The van der Waals surface area contributed by atoms with Gasteiger partial charge in [-0.25, -0.2) is 9.37 Å². The van der Waals surface area contributed by atoms with E-state index in [2.05, 4.69) is 48.2 Å². The number of H-pyrrole nitrogens is 1. The number of fused-ring (bicyclic) bond motifs is 1. The second-order valence-electron chi connectivity index (χ2n) is 8.03. The zero-order valence-corrected chi connectivity index (χ0v) is 17.4. The minimum Gasteiger partial charge on any atom is -0.378 e. The summed E-state index contributed by atoms with van der Waals surface area (Å²) < 4.78 is 13.2. The predicted molar refractivity (Wildman–Crippen MR) is 118 cm³/mol. The van der Waals surface area contributed by atoms with Gasteiger partial charge >= 0.3 is 0 Å². The molecule has 6 heteroatoms. The molecule has 2 aromatic carbocycles. The van der Waals surface area contributed by atoms with E-state index in [1.807, 2.05) is 17.5 Å². The Kier molecular flexibility index (Phi) is 4.96. The number of aromatic nitrogens is 2. The quantitative estimate of drug-likeness (QED) is 0.456. The maximum atomic E-state index is 13.2. The average molecular weight is 408 g/mol. The summed E-state index contributed by atoms with van der Waals surface area (Å²) in [6.45, 7) is 6.96. The first-order chi connectivity index (χ1) is 13.8. The molecule has 0 saturated heterocycles. The van der Waals surface area contributed by atoms with Crippen LogP contribution in [0.5, 0.6) is 0 Å². The fourth-order valence-corrected chi connectivity index (χ4v) is 4.16. The van der Waals surface area contributed by atoms with E-state index in [0.29, 0.717) is 22.6 Å². The Morgan fingerprint density at radius 1 is 1.07 bits per heavy atom. The van der Waals surface area contributed by atoms with Crippen molar-refractivity contribution in [2.24, 2.45) is 0 Å². The minimum absolute atomic E-state index is 0.109. The van der Waals surface area contributed by atoms with E-state index >= 15 is 0 Å². The van der Waals surface area contributed by atoms with E-state index in [-0.39, 0.29) is 16.8 Å². The van der Waals surface area contributed by atoms with Crippen LogP contribution in [0, 0.1) is 5.82 Å². The summed E-state index contributed by atoms with van der Waals surface area (Å²) in [5.41, 5.74) is 3.74. The zero-order chi connectivity index (χ0) is 20.6. The first-order valence-electron chi connectivity index (χ1n) is 9.42. The highest BCUT2D eigenvalue weighted by Crippen LogP contribution is 2.31. The van der Waals surface area contributed by atoms with Crippen LogP contribution in [0.15, 0.2) is 58.7 Å². The van der Waals surface area contributed by atoms with Crippen molar-refractivity contribution < 1.29 is 4.39 Å². The van der Waals surface area contributed by atoms with Crippen LogP contribution in [0.25, 0.3) is 21.3 Å². The number of anilines is 1. The van der Waals surface area contributed by atoms with Gasteiger partial charge in [-0.2, -0.15) is 0 Å². The SMILES string of the molecule is CC(C)(C)c1ccc(NCc2nc3scc(-c4ccc(F)cc4)c3c(=O)[nH]2)cc1. The Hall–Kier alpha value is -2.99. The molecule has 0 unspecified atom stereocenters. The number of nitrogens with zero attached hydrogens (tertiary/aromatic N) is 1. The number of aromatic amines is 1. The van der Waals surface area contributed by atoms with Gasteiger partial charge in [-0.3, -0.25) is 4.79 Å². The molecule has 0 fully saturated rings. The van der Waals surface area contributed by atoms with Gasteiger partial charge in [0.1, 0.15) is 16.5 Å². The maximum Gasteiger partial charge on any atom is 0.260 e. The lowest BCUT2D eigenvalue weighted by atomic mass is 9.87. The third-order valence-electron chi connectivity index (χ3n) is 4.86. The summed E-state index contributed by atoms with van der Waals surface area (Å²) in [6.07, 6.45) is 0. The number of rotatable bonds is 4. The monoisotopic (exact) mass is 407 g/mol. The van der Waals surface area contributed by atoms with E-state index in [1.165, 1.54) is 29.0 Å². The zero-order valence-electron chi connectivity index (χ0n) is 16.5. The summed E-state index contributed by atoms with van der Waals surface area (Å²) in [5, 5.41) is 5.74. The third kappa shape index (κ3) is 4.07. The molecular formula is C23H22FN3OS. The molecule has 0 aliphatic heterocycles. The van der Waals surface area contributed by atoms with Crippen molar-refractivity contribution >= 4 is 27.2 Å². The van der Waals surface area contributed by atoms with E-state index in [4.69, 9.17) is 0 Å². The number of benzene rings is 2. The van der Waals surface area contributed by atoms with Crippen molar-refractivity contribution in [1.29, 1.82) is 0 Å². The van der Waals surface area contributed by atoms with Gasteiger partial charge in [-0.1, -0.05) is 45.0 Å². The maximum absolute atomic E-state index is 13.2. The number of thiophene rings is 1. The van der Waals surface area contributed by atoms with Crippen molar-refractivity contribution in [1.82, 2.24) is 9.97 Å². The lowest BCUT2D eigenvalue weighted by Gasteiger charge is -2.19. The van der Waals surface area contributed by atoms with E-state index < -0.39 is 0 Å². The second kappa shape index (κ2) is 7.44. The van der Waals surface area contributed by atoms with Crippen LogP contribution < -0.4 is 10.9 Å². The van der Waals surface area contributed by atoms with Crippen molar-refractivity contribution in [3.05, 3.63) is 81.5 Å². The number of halogens is 1. The highest BCUT2D eigenvalue weighted by molar-refractivity contribution is 7.17. The van der Waals surface area contributed by atoms with Crippen molar-refractivity contribution in [3.63, 3.8) is 0 Å². The fraction of sp³-hybridized carbons (Fsp3) is 0.217. The first-order valence-corrected chi connectivity index (χ1v) is 10.3. The Labute approximate surface area is 172 Å². The summed E-state index contributed by atoms with van der Waals surface area (Å²) in [5.74, 6) is 0.277. The largest absolute Gasteiger partial charge is 0.378 e. The van der Waals surface area contributed by atoms with Crippen LogP contribution in [0.3, 0.4) is 0 Å². The highest BCUT2D eigenvalue weighted by atomic mass is 32.1. The van der Waals surface area contributed by atoms with Crippen LogP contribution in [0.1, 0.15) is 32.2 Å². The lowest BCUT2D eigenvalue weighted by molar-refractivity contribution is 0.590. The number of nitrogens with one attached hydrogen (secondary N) is 2. The molecule has 0 spiro atoms. The van der Waals surface area contributed by atoms with Gasteiger partial charge in [0.25, 0.3) is 5.56 Å². The minimum atomic E-state index is -0.302. The van der Waals surface area contributed by atoms with Crippen molar-refractivity contribution in [3.8, 4) is 11.1 Å². The van der Waals surface area contributed by atoms with Crippen molar-refractivity contribution in [2.75, 3.05) is 5.32 Å². The summed E-state index contributed by atoms with van der Waals surface area (Å²) >= 11 is 1.42. The summed E-state index contributed by atoms with van der Waals surface area (Å²) in [7, 11) is 0. The standard InChI is InChI=1S/C23H22FN3OS/c1-23(2,3)15-6-10-17(11-7-15)25-12-19-26-21(28)20-18(13-29-22(20)27-19)14-4-8-16(24)9-5-14/h4-11,13,25H,12H2,1-3H3,(H,26,27,28). The molecule has 0 bridgehead atoms. The van der Waals surface area contributed by atoms with E-state index in [9.17, 15) is 9.18 Å². The van der Waals surface area contributed by atoms with Crippen LogP contribution in [-0.4, -0.2) is 9.97 Å². The first kappa shape index (κ1) is 19.3. The topological polar surface area (TPSA) is 57.8 Å². The fourth-order valence-electron chi connectivity index (χ4n) is 3.19. The van der Waals surface area contributed by atoms with Gasteiger partial charge in [0, 0.05) is 16.6 Å². The number of hydrogen-bond acceptors (Lipinski definition) is 4. The molecule has 4 rings (SSSR count). The molecule has 4 aromatic rings. The smallest absolute Gasteiger partial charge is 0.260 e. The Morgan fingerprint density at radius 3 is 2.41 bits per heavy atom. The predicted octanol–water partition coefficient (Wildman–Crippen LogP) is 5.70. The normalized spacial score (nSPS) is 11.7. The van der Waals surface area contributed by atoms with Crippen LogP contribution in [0.2, 0.25) is 0 Å². The van der Waals surface area contributed by atoms with Crippen molar-refractivity contribution in [2.45, 2.75) is 32.7 Å². The van der Waals surface area contributed by atoms with Gasteiger partial charge in [-0.15, -0.1) is 11.3 Å². The molecule has 2 aromatic heterocycles.